The molecule has 0 fully saturated rings. The summed E-state index contributed by atoms with van der Waals surface area (Å²) in [6.45, 7) is 0. The van der Waals surface area contributed by atoms with Crippen molar-refractivity contribution in [2.75, 3.05) is 6.26 Å². The number of aromatic carboxylic acids is 1. The highest BCUT2D eigenvalue weighted by atomic mass is 35.5. The average molecular weight is 377 g/mol. The Morgan fingerprint density at radius 2 is 1.68 bits per heavy atom. The van der Waals surface area contributed by atoms with E-state index >= 15 is 0 Å². The summed E-state index contributed by atoms with van der Waals surface area (Å²) >= 11 is 5.86. The molecule has 0 atom stereocenters. The highest BCUT2D eigenvalue weighted by Crippen LogP contribution is 2.25. The second-order valence-electron chi connectivity index (χ2n) is 5.41. The summed E-state index contributed by atoms with van der Waals surface area (Å²) in [4.78, 5) is 11.7. The number of hydrogen-bond donors (Lipinski definition) is 1. The van der Waals surface area contributed by atoms with Crippen LogP contribution in [0.3, 0.4) is 0 Å². The lowest BCUT2D eigenvalue weighted by Crippen LogP contribution is -1.98. The number of hydrogen-bond acceptors (Lipinski definition) is 4. The molecular weight excluding hydrogens is 364 g/mol. The van der Waals surface area contributed by atoms with Crippen LogP contribution < -0.4 is 0 Å². The molecule has 128 valence electrons. The Kier molecular flexibility index (Phi) is 4.36. The Morgan fingerprint density at radius 1 is 1.08 bits per heavy atom. The SMILES string of the molecule is CS(=O)(=O)c1ccc(-c2nn(-c3ccc(Cl)cc3)cc2C(=O)O)cc1. The fraction of sp³-hybridized carbons (Fsp3) is 0.0588. The van der Waals surface area contributed by atoms with Crippen LogP contribution in [-0.2, 0) is 9.84 Å². The summed E-state index contributed by atoms with van der Waals surface area (Å²) in [6.07, 6.45) is 2.52. The molecule has 0 aliphatic heterocycles. The molecule has 0 spiro atoms. The minimum Gasteiger partial charge on any atom is -0.478 e. The van der Waals surface area contributed by atoms with Crippen LogP contribution in [-0.4, -0.2) is 35.5 Å². The maximum Gasteiger partial charge on any atom is 0.339 e. The lowest BCUT2D eigenvalue weighted by molar-refractivity contribution is 0.0697. The molecule has 1 heterocycles. The topological polar surface area (TPSA) is 89.3 Å². The minimum absolute atomic E-state index is 0.0158. The first kappa shape index (κ1) is 17.2. The number of benzene rings is 2. The van der Waals surface area contributed by atoms with Gasteiger partial charge < -0.3 is 5.11 Å². The van der Waals surface area contributed by atoms with E-state index in [2.05, 4.69) is 5.10 Å². The van der Waals surface area contributed by atoms with Crippen molar-refractivity contribution in [3.05, 3.63) is 65.3 Å². The van der Waals surface area contributed by atoms with E-state index in [0.29, 0.717) is 16.3 Å². The van der Waals surface area contributed by atoms with E-state index in [0.717, 1.165) is 6.26 Å². The van der Waals surface area contributed by atoms with E-state index in [9.17, 15) is 18.3 Å². The van der Waals surface area contributed by atoms with Crippen LogP contribution in [0, 0.1) is 0 Å². The van der Waals surface area contributed by atoms with Gasteiger partial charge in [-0.3, -0.25) is 0 Å². The molecule has 6 nitrogen and oxygen atoms in total. The number of nitrogens with zero attached hydrogens (tertiary/aromatic N) is 2. The Hall–Kier alpha value is -2.64. The number of carboxylic acid groups (broad SMARTS) is 1. The van der Waals surface area contributed by atoms with Gasteiger partial charge in [-0.2, -0.15) is 5.10 Å². The maximum absolute atomic E-state index is 11.5. The molecule has 0 unspecified atom stereocenters. The summed E-state index contributed by atoms with van der Waals surface area (Å²) < 4.78 is 24.5. The van der Waals surface area contributed by atoms with Crippen LogP contribution in [0.4, 0.5) is 0 Å². The van der Waals surface area contributed by atoms with Gasteiger partial charge in [0, 0.05) is 23.0 Å². The van der Waals surface area contributed by atoms with Crippen molar-refractivity contribution < 1.29 is 18.3 Å². The monoisotopic (exact) mass is 376 g/mol. The fourth-order valence-electron chi connectivity index (χ4n) is 2.33. The summed E-state index contributed by atoms with van der Waals surface area (Å²) in [7, 11) is -3.32. The molecule has 1 N–H and O–H groups in total. The molecular formula is C17H13ClN2O4S. The number of carboxylic acids is 1. The molecule has 0 aliphatic rings. The Balaban J connectivity index is 2.09. The van der Waals surface area contributed by atoms with Crippen LogP contribution >= 0.6 is 11.6 Å². The van der Waals surface area contributed by atoms with Gasteiger partial charge in [0.25, 0.3) is 0 Å². The van der Waals surface area contributed by atoms with Crippen LogP contribution in [0.5, 0.6) is 0 Å². The normalized spacial score (nSPS) is 11.4. The first-order chi connectivity index (χ1) is 11.8. The zero-order chi connectivity index (χ0) is 18.2. The fourth-order valence-corrected chi connectivity index (χ4v) is 3.09. The van der Waals surface area contributed by atoms with E-state index in [1.165, 1.54) is 35.1 Å². The summed E-state index contributed by atoms with van der Waals surface area (Å²) in [5, 5.41) is 14.3. The number of aromatic nitrogens is 2. The van der Waals surface area contributed by atoms with Crippen molar-refractivity contribution in [3.8, 4) is 16.9 Å². The lowest BCUT2D eigenvalue weighted by Gasteiger charge is -2.02. The molecule has 0 saturated heterocycles. The van der Waals surface area contributed by atoms with Crippen molar-refractivity contribution in [3.63, 3.8) is 0 Å². The third-order valence-electron chi connectivity index (χ3n) is 3.59. The Bertz CT molecular complexity index is 1040. The van der Waals surface area contributed by atoms with Crippen LogP contribution in [0.2, 0.25) is 5.02 Å². The van der Waals surface area contributed by atoms with Crippen molar-refractivity contribution in [1.29, 1.82) is 0 Å². The van der Waals surface area contributed by atoms with Gasteiger partial charge in [-0.15, -0.1) is 0 Å². The largest absolute Gasteiger partial charge is 0.478 e. The number of sulfone groups is 1. The first-order valence-corrected chi connectivity index (χ1v) is 9.42. The second kappa shape index (κ2) is 6.34. The molecule has 1 aromatic heterocycles. The predicted molar refractivity (Wildman–Crippen MR) is 94.1 cm³/mol. The lowest BCUT2D eigenvalue weighted by atomic mass is 10.1. The highest BCUT2D eigenvalue weighted by molar-refractivity contribution is 7.90. The van der Waals surface area contributed by atoms with E-state index in [1.807, 2.05) is 0 Å². The summed E-state index contributed by atoms with van der Waals surface area (Å²) in [5.74, 6) is -1.12. The zero-order valence-electron chi connectivity index (χ0n) is 13.0. The summed E-state index contributed by atoms with van der Waals surface area (Å²) in [6, 6.07) is 12.7. The standard InChI is InChI=1S/C17H13ClN2O4S/c1-25(23,24)14-8-2-11(3-9-14)16-15(17(21)22)10-20(19-16)13-6-4-12(18)5-7-13/h2-10H,1H3,(H,21,22). The summed E-state index contributed by atoms with van der Waals surface area (Å²) in [5.41, 5.74) is 1.44. The van der Waals surface area contributed by atoms with Gasteiger partial charge in [-0.05, 0) is 36.4 Å². The minimum atomic E-state index is -3.32. The zero-order valence-corrected chi connectivity index (χ0v) is 14.6. The second-order valence-corrected chi connectivity index (χ2v) is 7.87. The average Bonchev–Trinajstić information content (AvgIpc) is 3.00. The molecule has 3 aromatic rings. The third-order valence-corrected chi connectivity index (χ3v) is 4.97. The quantitative estimate of drug-likeness (QED) is 0.754. The number of rotatable bonds is 4. The molecule has 0 saturated carbocycles. The smallest absolute Gasteiger partial charge is 0.339 e. The van der Waals surface area contributed by atoms with Gasteiger partial charge in [0.05, 0.1) is 10.6 Å². The van der Waals surface area contributed by atoms with Crippen molar-refractivity contribution in [2.24, 2.45) is 0 Å². The van der Waals surface area contributed by atoms with Gasteiger partial charge in [-0.25, -0.2) is 17.9 Å². The molecule has 0 radical (unpaired) electrons. The van der Waals surface area contributed by atoms with E-state index in [1.54, 1.807) is 24.3 Å². The van der Waals surface area contributed by atoms with Crippen molar-refractivity contribution >= 4 is 27.4 Å². The maximum atomic E-state index is 11.5. The van der Waals surface area contributed by atoms with E-state index < -0.39 is 15.8 Å². The molecule has 25 heavy (non-hydrogen) atoms. The van der Waals surface area contributed by atoms with Crippen molar-refractivity contribution in [2.45, 2.75) is 4.90 Å². The van der Waals surface area contributed by atoms with Gasteiger partial charge in [0.15, 0.2) is 9.84 Å². The molecule has 0 aliphatic carbocycles. The van der Waals surface area contributed by atoms with Gasteiger partial charge in [0.2, 0.25) is 0 Å². The molecule has 0 bridgehead atoms. The highest BCUT2D eigenvalue weighted by Gasteiger charge is 2.18. The number of halogens is 1. The van der Waals surface area contributed by atoms with Gasteiger partial charge in [-0.1, -0.05) is 23.7 Å². The van der Waals surface area contributed by atoms with Crippen LogP contribution in [0.1, 0.15) is 10.4 Å². The predicted octanol–water partition coefficient (Wildman–Crippen LogP) is 3.29. The van der Waals surface area contributed by atoms with E-state index in [-0.39, 0.29) is 16.2 Å². The first-order valence-electron chi connectivity index (χ1n) is 7.15. The third kappa shape index (κ3) is 3.57. The Morgan fingerprint density at radius 3 is 2.20 bits per heavy atom. The van der Waals surface area contributed by atoms with Crippen LogP contribution in [0.15, 0.2) is 59.6 Å². The number of carbonyl (C=O) groups is 1. The van der Waals surface area contributed by atoms with E-state index in [4.69, 9.17) is 11.6 Å². The molecule has 2 aromatic carbocycles. The van der Waals surface area contributed by atoms with Crippen molar-refractivity contribution in [1.82, 2.24) is 9.78 Å². The van der Waals surface area contributed by atoms with Gasteiger partial charge >= 0.3 is 5.97 Å². The Labute approximate surface area is 149 Å². The molecule has 3 rings (SSSR count). The van der Waals surface area contributed by atoms with Crippen LogP contribution in [0.25, 0.3) is 16.9 Å². The molecule has 0 amide bonds. The van der Waals surface area contributed by atoms with Gasteiger partial charge in [0.1, 0.15) is 11.3 Å². The molecule has 8 heteroatoms.